The summed E-state index contributed by atoms with van der Waals surface area (Å²) in [4.78, 5) is 18.1. The van der Waals surface area contributed by atoms with Crippen LogP contribution in [0.15, 0.2) is 17.1 Å². The van der Waals surface area contributed by atoms with Crippen molar-refractivity contribution < 1.29 is 4.79 Å². The molecule has 5 nitrogen and oxygen atoms in total. The third-order valence-corrected chi connectivity index (χ3v) is 3.44. The summed E-state index contributed by atoms with van der Waals surface area (Å²) in [5, 5.41) is 8.97. The summed E-state index contributed by atoms with van der Waals surface area (Å²) in [6.07, 6.45) is 0.941. The van der Waals surface area contributed by atoms with E-state index in [1.54, 1.807) is 18.4 Å². The maximum absolute atomic E-state index is 11.4. The number of carbonyl (C=O) groups excluding carboxylic acids is 1. The van der Waals surface area contributed by atoms with E-state index in [2.05, 4.69) is 40.0 Å². The molecule has 0 saturated heterocycles. The predicted molar refractivity (Wildman–Crippen MR) is 96.0 cm³/mol. The molecule has 0 aliphatic carbocycles. The van der Waals surface area contributed by atoms with Gasteiger partial charge in [-0.1, -0.05) is 6.92 Å². The average Bonchev–Trinajstić information content (AvgIpc) is 2.82. The van der Waals surface area contributed by atoms with Crippen LogP contribution in [0.2, 0.25) is 0 Å². The second kappa shape index (κ2) is 10.9. The Labute approximate surface area is 141 Å². The number of aliphatic imine (C=N–C) groups is 1. The molecule has 0 aliphatic heterocycles. The van der Waals surface area contributed by atoms with Crippen LogP contribution in [-0.4, -0.2) is 32.0 Å². The molecule has 0 unspecified atom stereocenters. The Morgan fingerprint density at radius 1 is 1.30 bits per heavy atom. The maximum Gasteiger partial charge on any atom is 0.239 e. The standard InChI is InChI=1S/C13H22N4OS.HI/c1-4-7-15-12(18)9-17-13(14-3)16-8-11-6-5-10(2)19-11;/h5-6H,4,7-9H2,1-3H3,(H,15,18)(H2,14,16,17);1H. The van der Waals surface area contributed by atoms with Crippen LogP contribution in [0, 0.1) is 6.92 Å². The lowest BCUT2D eigenvalue weighted by atomic mass is 10.4. The van der Waals surface area contributed by atoms with E-state index >= 15 is 0 Å². The van der Waals surface area contributed by atoms with Gasteiger partial charge in [0, 0.05) is 23.3 Å². The van der Waals surface area contributed by atoms with E-state index in [-0.39, 0.29) is 36.4 Å². The van der Waals surface area contributed by atoms with Crippen molar-refractivity contribution in [2.45, 2.75) is 26.8 Å². The number of carbonyl (C=O) groups is 1. The first kappa shape index (κ1) is 19.2. The molecule has 114 valence electrons. The highest BCUT2D eigenvalue weighted by Crippen LogP contribution is 2.14. The Morgan fingerprint density at radius 3 is 2.60 bits per heavy atom. The molecule has 1 aromatic rings. The van der Waals surface area contributed by atoms with Gasteiger partial charge >= 0.3 is 0 Å². The summed E-state index contributed by atoms with van der Waals surface area (Å²) < 4.78 is 0. The van der Waals surface area contributed by atoms with Crippen molar-refractivity contribution in [2.24, 2.45) is 4.99 Å². The van der Waals surface area contributed by atoms with Gasteiger partial charge in [-0.3, -0.25) is 9.79 Å². The van der Waals surface area contributed by atoms with Crippen LogP contribution in [0.25, 0.3) is 0 Å². The van der Waals surface area contributed by atoms with Gasteiger partial charge in [-0.25, -0.2) is 0 Å². The number of guanidine groups is 1. The van der Waals surface area contributed by atoms with Gasteiger partial charge in [-0.05, 0) is 25.5 Å². The fourth-order valence-corrected chi connectivity index (χ4v) is 2.29. The predicted octanol–water partition coefficient (Wildman–Crippen LogP) is 1.87. The van der Waals surface area contributed by atoms with Gasteiger partial charge in [0.25, 0.3) is 0 Å². The molecule has 3 N–H and O–H groups in total. The summed E-state index contributed by atoms with van der Waals surface area (Å²) in [5.74, 6) is 0.620. The summed E-state index contributed by atoms with van der Waals surface area (Å²) in [5.41, 5.74) is 0. The second-order valence-electron chi connectivity index (χ2n) is 4.14. The van der Waals surface area contributed by atoms with Crippen molar-refractivity contribution in [3.8, 4) is 0 Å². The lowest BCUT2D eigenvalue weighted by Crippen LogP contribution is -2.42. The molecule has 0 bridgehead atoms. The van der Waals surface area contributed by atoms with E-state index in [4.69, 9.17) is 0 Å². The number of rotatable bonds is 6. The summed E-state index contributed by atoms with van der Waals surface area (Å²) in [6.45, 7) is 5.77. The van der Waals surface area contributed by atoms with E-state index in [1.807, 2.05) is 6.92 Å². The molecular weight excluding hydrogens is 387 g/mol. The quantitative estimate of drug-likeness (QED) is 0.381. The minimum atomic E-state index is -0.0169. The van der Waals surface area contributed by atoms with Crippen molar-refractivity contribution in [3.05, 3.63) is 21.9 Å². The van der Waals surface area contributed by atoms with Crippen molar-refractivity contribution in [1.29, 1.82) is 0 Å². The zero-order valence-corrected chi connectivity index (χ0v) is 15.3. The molecule has 0 aromatic carbocycles. The highest BCUT2D eigenvalue weighted by atomic mass is 127. The third kappa shape index (κ3) is 7.68. The molecule has 0 atom stereocenters. The zero-order chi connectivity index (χ0) is 14.1. The van der Waals surface area contributed by atoms with E-state index in [1.165, 1.54) is 9.75 Å². The normalized spacial score (nSPS) is 10.7. The smallest absolute Gasteiger partial charge is 0.239 e. The van der Waals surface area contributed by atoms with Crippen LogP contribution in [0.5, 0.6) is 0 Å². The average molecular weight is 410 g/mol. The molecule has 1 heterocycles. The topological polar surface area (TPSA) is 65.5 Å². The summed E-state index contributed by atoms with van der Waals surface area (Å²) in [6, 6.07) is 4.18. The number of nitrogens with zero attached hydrogens (tertiary/aromatic N) is 1. The van der Waals surface area contributed by atoms with Crippen molar-refractivity contribution in [3.63, 3.8) is 0 Å². The van der Waals surface area contributed by atoms with Gasteiger partial charge in [0.15, 0.2) is 5.96 Å². The molecular formula is C13H23IN4OS. The third-order valence-electron chi connectivity index (χ3n) is 2.44. The Morgan fingerprint density at radius 2 is 2.05 bits per heavy atom. The Bertz CT molecular complexity index is 434. The van der Waals surface area contributed by atoms with Gasteiger partial charge < -0.3 is 16.0 Å². The second-order valence-corrected chi connectivity index (χ2v) is 5.51. The molecule has 0 aliphatic rings. The minimum absolute atomic E-state index is 0. The Kier molecular flexibility index (Phi) is 10.4. The highest BCUT2D eigenvalue weighted by Gasteiger charge is 2.03. The zero-order valence-electron chi connectivity index (χ0n) is 12.2. The molecule has 7 heteroatoms. The lowest BCUT2D eigenvalue weighted by Gasteiger charge is -2.11. The van der Waals surface area contributed by atoms with Gasteiger partial charge in [0.2, 0.25) is 5.91 Å². The van der Waals surface area contributed by atoms with Crippen LogP contribution in [-0.2, 0) is 11.3 Å². The SMILES string of the molecule is CCCNC(=O)CNC(=NC)NCc1ccc(C)s1.I. The molecule has 1 aromatic heterocycles. The molecule has 1 rings (SSSR count). The van der Waals surface area contributed by atoms with E-state index in [0.717, 1.165) is 13.0 Å². The van der Waals surface area contributed by atoms with Crippen LogP contribution in [0.1, 0.15) is 23.1 Å². The Hall–Kier alpha value is -0.830. The van der Waals surface area contributed by atoms with E-state index in [0.29, 0.717) is 12.5 Å². The monoisotopic (exact) mass is 410 g/mol. The maximum atomic E-state index is 11.4. The number of aryl methyl sites for hydroxylation is 1. The molecule has 0 spiro atoms. The fourth-order valence-electron chi connectivity index (χ4n) is 1.46. The minimum Gasteiger partial charge on any atom is -0.355 e. The van der Waals surface area contributed by atoms with Gasteiger partial charge in [0.05, 0.1) is 13.1 Å². The van der Waals surface area contributed by atoms with Crippen molar-refractivity contribution in [2.75, 3.05) is 20.1 Å². The number of hydrogen-bond donors (Lipinski definition) is 3. The number of halogens is 1. The van der Waals surface area contributed by atoms with Gasteiger partial charge in [-0.2, -0.15) is 0 Å². The first-order valence-corrected chi connectivity index (χ1v) is 7.24. The Balaban J connectivity index is 0.00000361. The van der Waals surface area contributed by atoms with Crippen molar-refractivity contribution >= 4 is 47.2 Å². The van der Waals surface area contributed by atoms with Crippen LogP contribution < -0.4 is 16.0 Å². The van der Waals surface area contributed by atoms with Crippen LogP contribution in [0.4, 0.5) is 0 Å². The molecule has 0 fully saturated rings. The number of thiophene rings is 1. The van der Waals surface area contributed by atoms with Crippen LogP contribution in [0.3, 0.4) is 0 Å². The molecule has 0 radical (unpaired) electrons. The number of hydrogen-bond acceptors (Lipinski definition) is 3. The summed E-state index contributed by atoms with van der Waals surface area (Å²) >= 11 is 1.75. The molecule has 0 saturated carbocycles. The first-order chi connectivity index (χ1) is 9.15. The highest BCUT2D eigenvalue weighted by molar-refractivity contribution is 14.0. The lowest BCUT2D eigenvalue weighted by molar-refractivity contribution is -0.120. The fraction of sp³-hybridized carbons (Fsp3) is 0.538. The van der Waals surface area contributed by atoms with Gasteiger partial charge in [0.1, 0.15) is 0 Å². The first-order valence-electron chi connectivity index (χ1n) is 6.42. The largest absolute Gasteiger partial charge is 0.355 e. The number of amides is 1. The van der Waals surface area contributed by atoms with Crippen LogP contribution >= 0.6 is 35.3 Å². The van der Waals surface area contributed by atoms with Gasteiger partial charge in [-0.15, -0.1) is 35.3 Å². The number of nitrogens with one attached hydrogen (secondary N) is 3. The molecule has 20 heavy (non-hydrogen) atoms. The molecule has 1 amide bonds. The van der Waals surface area contributed by atoms with Crippen molar-refractivity contribution in [1.82, 2.24) is 16.0 Å². The van der Waals surface area contributed by atoms with E-state index < -0.39 is 0 Å². The van der Waals surface area contributed by atoms with E-state index in [9.17, 15) is 4.79 Å². The summed E-state index contributed by atoms with van der Waals surface area (Å²) in [7, 11) is 1.69.